The molecule has 1 aromatic heterocycles. The fourth-order valence-electron chi connectivity index (χ4n) is 2.47. The van der Waals surface area contributed by atoms with Crippen LogP contribution in [0.3, 0.4) is 0 Å². The molecule has 0 spiro atoms. The lowest BCUT2D eigenvalue weighted by Gasteiger charge is -2.29. The Kier molecular flexibility index (Phi) is 4.78. The van der Waals surface area contributed by atoms with Crippen LogP contribution in [0.2, 0.25) is 5.02 Å². The van der Waals surface area contributed by atoms with Gasteiger partial charge in [-0.1, -0.05) is 28.9 Å². The van der Waals surface area contributed by atoms with E-state index < -0.39 is 6.10 Å². The van der Waals surface area contributed by atoms with Crippen molar-refractivity contribution in [1.82, 2.24) is 20.4 Å². The van der Waals surface area contributed by atoms with Gasteiger partial charge in [-0.25, -0.2) is 4.79 Å². The molecule has 0 bridgehead atoms. The molecule has 1 aliphatic heterocycles. The van der Waals surface area contributed by atoms with E-state index >= 15 is 0 Å². The van der Waals surface area contributed by atoms with Crippen LogP contribution >= 0.6 is 11.6 Å². The first-order valence-electron chi connectivity index (χ1n) is 7.41. The molecule has 2 amide bonds. The number of likely N-dealkylation sites (tertiary alicyclic amines) is 1. The zero-order chi connectivity index (χ0) is 16.2. The lowest BCUT2D eigenvalue weighted by Crippen LogP contribution is -2.46. The number of piperidine rings is 1. The summed E-state index contributed by atoms with van der Waals surface area (Å²) in [7, 11) is 0. The lowest BCUT2D eigenvalue weighted by atomic mass is 10.1. The normalized spacial score (nSPS) is 18.0. The number of benzene rings is 1. The van der Waals surface area contributed by atoms with Crippen LogP contribution in [0.15, 0.2) is 28.8 Å². The molecule has 3 rings (SSSR count). The fraction of sp³-hybridized carbons (Fsp3) is 0.400. The van der Waals surface area contributed by atoms with Gasteiger partial charge in [0.05, 0.1) is 12.6 Å². The third-order valence-corrected chi connectivity index (χ3v) is 3.86. The molecule has 7 nitrogen and oxygen atoms in total. The van der Waals surface area contributed by atoms with E-state index in [2.05, 4.69) is 15.5 Å². The van der Waals surface area contributed by atoms with Gasteiger partial charge >= 0.3 is 6.03 Å². The van der Waals surface area contributed by atoms with E-state index in [1.807, 2.05) is 6.07 Å². The maximum absolute atomic E-state index is 12.0. The van der Waals surface area contributed by atoms with Crippen molar-refractivity contribution in [2.24, 2.45) is 0 Å². The van der Waals surface area contributed by atoms with Crippen LogP contribution in [0.4, 0.5) is 4.79 Å². The number of aliphatic hydroxyl groups excluding tert-OH is 1. The standard InChI is InChI=1S/C15H17ClN4O3/c16-11-4-1-3-10(7-11)14-18-13(23-19-14)8-17-15(22)20-6-2-5-12(21)9-20/h1,3-4,7,12,21H,2,5-6,8-9H2,(H,17,22). The van der Waals surface area contributed by atoms with Crippen LogP contribution in [0.1, 0.15) is 18.7 Å². The quantitative estimate of drug-likeness (QED) is 0.895. The van der Waals surface area contributed by atoms with Gasteiger partial charge in [0, 0.05) is 23.7 Å². The molecular weight excluding hydrogens is 320 g/mol. The molecule has 1 fully saturated rings. The largest absolute Gasteiger partial charge is 0.391 e. The first-order valence-corrected chi connectivity index (χ1v) is 7.79. The predicted molar refractivity (Wildman–Crippen MR) is 83.8 cm³/mol. The zero-order valence-corrected chi connectivity index (χ0v) is 13.2. The highest BCUT2D eigenvalue weighted by atomic mass is 35.5. The molecule has 2 N–H and O–H groups in total. The van der Waals surface area contributed by atoms with Crippen LogP contribution in [-0.2, 0) is 6.54 Å². The van der Waals surface area contributed by atoms with Crippen LogP contribution < -0.4 is 5.32 Å². The Hall–Kier alpha value is -2.12. The molecule has 1 aromatic carbocycles. The molecule has 2 aromatic rings. The molecule has 1 atom stereocenters. The number of carbonyl (C=O) groups is 1. The SMILES string of the molecule is O=C(NCc1nc(-c2cccc(Cl)c2)no1)N1CCCC(O)C1. The number of carbonyl (C=O) groups excluding carboxylic acids is 1. The summed E-state index contributed by atoms with van der Waals surface area (Å²) < 4.78 is 5.13. The van der Waals surface area contributed by atoms with Gasteiger partial charge in [0.1, 0.15) is 0 Å². The van der Waals surface area contributed by atoms with E-state index in [0.717, 1.165) is 18.4 Å². The van der Waals surface area contributed by atoms with Gasteiger partial charge in [-0.05, 0) is 25.0 Å². The number of hydrogen-bond acceptors (Lipinski definition) is 5. The van der Waals surface area contributed by atoms with Crippen molar-refractivity contribution in [3.05, 3.63) is 35.2 Å². The minimum absolute atomic E-state index is 0.138. The van der Waals surface area contributed by atoms with Gasteiger partial charge in [-0.2, -0.15) is 4.98 Å². The number of β-amino-alcohol motifs (C(OH)–C–C–N with tert-alkyl or cyclic N) is 1. The molecule has 0 saturated carbocycles. The minimum Gasteiger partial charge on any atom is -0.391 e. The number of rotatable bonds is 3. The first-order chi connectivity index (χ1) is 11.1. The lowest BCUT2D eigenvalue weighted by molar-refractivity contribution is 0.0839. The highest BCUT2D eigenvalue weighted by Crippen LogP contribution is 2.19. The molecule has 8 heteroatoms. The third kappa shape index (κ3) is 4.00. The van der Waals surface area contributed by atoms with Crippen LogP contribution in [-0.4, -0.2) is 45.4 Å². The predicted octanol–water partition coefficient (Wildman–Crippen LogP) is 2.06. The van der Waals surface area contributed by atoms with Crippen molar-refractivity contribution in [3.8, 4) is 11.4 Å². The second-order valence-electron chi connectivity index (χ2n) is 5.42. The molecule has 2 heterocycles. The highest BCUT2D eigenvalue weighted by molar-refractivity contribution is 6.30. The molecule has 0 radical (unpaired) electrons. The van der Waals surface area contributed by atoms with E-state index in [1.54, 1.807) is 23.1 Å². The summed E-state index contributed by atoms with van der Waals surface area (Å²) in [5, 5.41) is 16.8. The van der Waals surface area contributed by atoms with E-state index in [-0.39, 0.29) is 12.6 Å². The van der Waals surface area contributed by atoms with Crippen molar-refractivity contribution in [1.29, 1.82) is 0 Å². The smallest absolute Gasteiger partial charge is 0.317 e. The number of aromatic nitrogens is 2. The third-order valence-electron chi connectivity index (χ3n) is 3.63. The van der Waals surface area contributed by atoms with Crippen molar-refractivity contribution < 1.29 is 14.4 Å². The Morgan fingerprint density at radius 3 is 3.17 bits per heavy atom. The Balaban J connectivity index is 1.58. The maximum atomic E-state index is 12.0. The molecule has 23 heavy (non-hydrogen) atoms. The summed E-state index contributed by atoms with van der Waals surface area (Å²) in [6.45, 7) is 1.13. The average Bonchev–Trinajstić information content (AvgIpc) is 3.01. The Labute approximate surface area is 138 Å². The first kappa shape index (κ1) is 15.8. The molecule has 1 aliphatic rings. The van der Waals surface area contributed by atoms with Crippen molar-refractivity contribution in [3.63, 3.8) is 0 Å². The molecule has 1 unspecified atom stereocenters. The number of hydrogen-bond donors (Lipinski definition) is 2. The second-order valence-corrected chi connectivity index (χ2v) is 5.86. The number of aliphatic hydroxyl groups is 1. The van der Waals surface area contributed by atoms with Crippen LogP contribution in [0.25, 0.3) is 11.4 Å². The number of amides is 2. The van der Waals surface area contributed by atoms with E-state index in [9.17, 15) is 9.90 Å². The second kappa shape index (κ2) is 6.97. The Morgan fingerprint density at radius 1 is 1.52 bits per heavy atom. The number of nitrogens with one attached hydrogen (secondary N) is 1. The number of urea groups is 1. The van der Waals surface area contributed by atoms with Gasteiger partial charge < -0.3 is 19.8 Å². The highest BCUT2D eigenvalue weighted by Gasteiger charge is 2.22. The van der Waals surface area contributed by atoms with E-state index in [1.165, 1.54) is 0 Å². The molecule has 1 saturated heterocycles. The zero-order valence-electron chi connectivity index (χ0n) is 12.4. The summed E-state index contributed by atoms with van der Waals surface area (Å²) in [5.41, 5.74) is 0.748. The topological polar surface area (TPSA) is 91.5 Å². The maximum Gasteiger partial charge on any atom is 0.317 e. The van der Waals surface area contributed by atoms with Gasteiger partial charge in [-0.15, -0.1) is 0 Å². The van der Waals surface area contributed by atoms with Gasteiger partial charge in [0.2, 0.25) is 11.7 Å². The summed E-state index contributed by atoms with van der Waals surface area (Å²) in [6.07, 6.45) is 1.08. The van der Waals surface area contributed by atoms with Crippen molar-refractivity contribution in [2.75, 3.05) is 13.1 Å². The van der Waals surface area contributed by atoms with Gasteiger partial charge in [-0.3, -0.25) is 0 Å². The van der Waals surface area contributed by atoms with Gasteiger partial charge in [0.25, 0.3) is 0 Å². The minimum atomic E-state index is -0.452. The van der Waals surface area contributed by atoms with Crippen molar-refractivity contribution in [2.45, 2.75) is 25.5 Å². The average molecular weight is 337 g/mol. The van der Waals surface area contributed by atoms with Crippen molar-refractivity contribution >= 4 is 17.6 Å². The van der Waals surface area contributed by atoms with E-state index in [4.69, 9.17) is 16.1 Å². The fourth-order valence-corrected chi connectivity index (χ4v) is 2.66. The van der Waals surface area contributed by atoms with E-state index in [0.29, 0.717) is 29.8 Å². The summed E-state index contributed by atoms with van der Waals surface area (Å²) >= 11 is 5.93. The molecular formula is C15H17ClN4O3. The molecule has 122 valence electrons. The number of nitrogens with zero attached hydrogens (tertiary/aromatic N) is 3. The Bertz CT molecular complexity index is 691. The summed E-state index contributed by atoms with van der Waals surface area (Å²) in [6, 6.07) is 6.89. The summed E-state index contributed by atoms with van der Waals surface area (Å²) in [5.74, 6) is 0.732. The van der Waals surface area contributed by atoms with Gasteiger partial charge in [0.15, 0.2) is 0 Å². The number of halogens is 1. The monoisotopic (exact) mass is 336 g/mol. The molecule has 0 aliphatic carbocycles. The van der Waals surface area contributed by atoms with Crippen LogP contribution in [0, 0.1) is 0 Å². The Morgan fingerprint density at radius 2 is 2.39 bits per heavy atom. The summed E-state index contributed by atoms with van der Waals surface area (Å²) in [4.78, 5) is 17.9. The van der Waals surface area contributed by atoms with Crippen LogP contribution in [0.5, 0.6) is 0 Å².